The van der Waals surface area contributed by atoms with Crippen molar-refractivity contribution < 1.29 is 4.79 Å². The fourth-order valence-electron chi connectivity index (χ4n) is 4.46. The molecule has 2 aliphatic heterocycles. The fraction of sp³-hybridized carbons (Fsp3) is 0.440. The third-order valence-electron chi connectivity index (χ3n) is 6.04. The predicted octanol–water partition coefficient (Wildman–Crippen LogP) is 6.40. The average molecular weight is 407 g/mol. The lowest BCUT2D eigenvalue weighted by Gasteiger charge is -2.28. The van der Waals surface area contributed by atoms with Crippen molar-refractivity contribution in [3.05, 3.63) is 69.6 Å². The number of ketones is 1. The van der Waals surface area contributed by atoms with Crippen LogP contribution in [-0.4, -0.2) is 29.6 Å². The van der Waals surface area contributed by atoms with Crippen molar-refractivity contribution in [2.75, 3.05) is 13.1 Å². The quantitative estimate of drug-likeness (QED) is 0.520. The highest BCUT2D eigenvalue weighted by atomic mass is 32.1. The van der Waals surface area contributed by atoms with E-state index in [2.05, 4.69) is 49.1 Å². The number of rotatable bonds is 6. The van der Waals surface area contributed by atoms with Crippen molar-refractivity contribution in [3.8, 4) is 0 Å². The topological polar surface area (TPSA) is 32.7 Å². The molecule has 1 aromatic carbocycles. The maximum atomic E-state index is 13.5. The van der Waals surface area contributed by atoms with Gasteiger partial charge in [0, 0.05) is 42.6 Å². The normalized spacial score (nSPS) is 18.0. The first-order valence-corrected chi connectivity index (χ1v) is 11.7. The number of allylic oxidation sites excluding steroid dienone is 1. The lowest BCUT2D eigenvalue weighted by atomic mass is 9.82. The Morgan fingerprint density at radius 2 is 1.86 bits per heavy atom. The van der Waals surface area contributed by atoms with Crippen LogP contribution in [0.5, 0.6) is 0 Å². The van der Waals surface area contributed by atoms with Crippen molar-refractivity contribution in [2.45, 2.75) is 57.8 Å². The van der Waals surface area contributed by atoms with E-state index in [4.69, 9.17) is 4.99 Å². The van der Waals surface area contributed by atoms with Gasteiger partial charge in [0.25, 0.3) is 0 Å². The Hall–Kier alpha value is -2.20. The van der Waals surface area contributed by atoms with Crippen molar-refractivity contribution in [1.29, 1.82) is 0 Å². The maximum Gasteiger partial charge on any atom is 0.171 e. The molecule has 1 aromatic heterocycles. The average Bonchev–Trinajstić information content (AvgIpc) is 3.44. The zero-order valence-electron chi connectivity index (χ0n) is 17.4. The van der Waals surface area contributed by atoms with E-state index in [-0.39, 0.29) is 11.7 Å². The molecule has 2 aliphatic rings. The van der Waals surface area contributed by atoms with Gasteiger partial charge in [0.15, 0.2) is 5.78 Å². The minimum Gasteiger partial charge on any atom is -0.360 e. The number of carbonyl (C=O) groups excluding carboxylic acids is 1. The number of thiophene rings is 1. The van der Waals surface area contributed by atoms with Crippen LogP contribution >= 0.6 is 11.3 Å². The molecule has 1 atom stereocenters. The number of nitrogens with zero attached hydrogens (tertiary/aromatic N) is 2. The zero-order chi connectivity index (χ0) is 20.2. The summed E-state index contributed by atoms with van der Waals surface area (Å²) < 4.78 is 0. The van der Waals surface area contributed by atoms with Crippen molar-refractivity contribution in [2.24, 2.45) is 4.99 Å². The van der Waals surface area contributed by atoms with Crippen LogP contribution in [0.25, 0.3) is 0 Å². The van der Waals surface area contributed by atoms with Crippen molar-refractivity contribution in [3.63, 3.8) is 0 Å². The van der Waals surface area contributed by atoms with E-state index in [1.807, 2.05) is 16.8 Å². The van der Waals surface area contributed by atoms with Gasteiger partial charge in [0.2, 0.25) is 0 Å². The lowest BCUT2D eigenvalue weighted by molar-refractivity contribution is 0.0958. The summed E-state index contributed by atoms with van der Waals surface area (Å²) in [5, 5.41) is 3.96. The van der Waals surface area contributed by atoms with E-state index in [9.17, 15) is 4.79 Å². The standard InChI is InChI=1S/C25H30N2OS/c1-18(2)21-8-4-5-9-22(21)23(25(28)19-12-15-29-17-19)16-20-10-11-24(26-20)27-13-6-3-7-14-27/h4-5,8-10,12,15,17-18,23H,3,6-7,11,13-14,16H2,1-2H3. The Balaban J connectivity index is 1.62. The predicted molar refractivity (Wildman–Crippen MR) is 122 cm³/mol. The van der Waals surface area contributed by atoms with Gasteiger partial charge >= 0.3 is 0 Å². The Kier molecular flexibility index (Phi) is 6.29. The summed E-state index contributed by atoms with van der Waals surface area (Å²) in [4.78, 5) is 20.9. The number of likely N-dealkylation sites (tertiary alicyclic amines) is 1. The second-order valence-electron chi connectivity index (χ2n) is 8.39. The van der Waals surface area contributed by atoms with Gasteiger partial charge in [-0.2, -0.15) is 11.3 Å². The van der Waals surface area contributed by atoms with E-state index in [1.54, 1.807) is 11.3 Å². The largest absolute Gasteiger partial charge is 0.360 e. The summed E-state index contributed by atoms with van der Waals surface area (Å²) in [5.74, 6) is 1.60. The summed E-state index contributed by atoms with van der Waals surface area (Å²) in [6.45, 7) is 6.64. The third-order valence-corrected chi connectivity index (χ3v) is 6.73. The molecular weight excluding hydrogens is 376 g/mol. The molecule has 0 spiro atoms. The number of amidine groups is 1. The van der Waals surface area contributed by atoms with Gasteiger partial charge in [-0.1, -0.05) is 44.2 Å². The highest BCUT2D eigenvalue weighted by Crippen LogP contribution is 2.35. The van der Waals surface area contributed by atoms with Gasteiger partial charge in [-0.05, 0) is 47.8 Å². The minimum absolute atomic E-state index is 0.182. The Morgan fingerprint density at radius 1 is 1.10 bits per heavy atom. The summed E-state index contributed by atoms with van der Waals surface area (Å²) in [5.41, 5.74) is 4.30. The number of piperidine rings is 1. The monoisotopic (exact) mass is 406 g/mol. The van der Waals surface area contributed by atoms with E-state index in [0.29, 0.717) is 12.3 Å². The van der Waals surface area contributed by atoms with Gasteiger partial charge in [0.1, 0.15) is 5.84 Å². The molecule has 4 heteroatoms. The lowest BCUT2D eigenvalue weighted by Crippen LogP contribution is -2.34. The first-order valence-electron chi connectivity index (χ1n) is 10.8. The number of carbonyl (C=O) groups is 1. The van der Waals surface area contributed by atoms with Gasteiger partial charge in [-0.3, -0.25) is 4.79 Å². The second kappa shape index (κ2) is 9.08. The van der Waals surface area contributed by atoms with Gasteiger partial charge in [-0.25, -0.2) is 4.99 Å². The van der Waals surface area contributed by atoms with E-state index < -0.39 is 0 Å². The SMILES string of the molecule is CC(C)c1ccccc1C(CC1=CCC(N2CCCCC2)=N1)C(=O)c1ccsc1. The van der Waals surface area contributed by atoms with Crippen LogP contribution in [0.2, 0.25) is 0 Å². The van der Waals surface area contributed by atoms with Gasteiger partial charge < -0.3 is 4.90 Å². The highest BCUT2D eigenvalue weighted by Gasteiger charge is 2.28. The molecule has 1 unspecified atom stereocenters. The molecule has 0 bridgehead atoms. The number of benzene rings is 1. The van der Waals surface area contributed by atoms with Gasteiger partial charge in [0.05, 0.1) is 5.92 Å². The molecule has 2 aromatic rings. The van der Waals surface area contributed by atoms with E-state index in [0.717, 1.165) is 36.3 Å². The Bertz CT molecular complexity index is 905. The summed E-state index contributed by atoms with van der Waals surface area (Å²) in [6.07, 6.45) is 7.66. The second-order valence-corrected chi connectivity index (χ2v) is 9.17. The molecule has 0 N–H and O–H groups in total. The summed E-state index contributed by atoms with van der Waals surface area (Å²) in [6, 6.07) is 10.4. The van der Waals surface area contributed by atoms with Crippen LogP contribution in [0.4, 0.5) is 0 Å². The van der Waals surface area contributed by atoms with E-state index >= 15 is 0 Å². The first-order chi connectivity index (χ1) is 14.1. The van der Waals surface area contributed by atoms with Gasteiger partial charge in [-0.15, -0.1) is 0 Å². The third kappa shape index (κ3) is 4.53. The maximum absolute atomic E-state index is 13.5. The molecule has 0 radical (unpaired) electrons. The molecular formula is C25H30N2OS. The number of aliphatic imine (C=N–C) groups is 1. The number of hydrogen-bond acceptors (Lipinski definition) is 4. The molecule has 1 fully saturated rings. The molecule has 3 heterocycles. The van der Waals surface area contributed by atoms with E-state index in [1.165, 1.54) is 30.7 Å². The summed E-state index contributed by atoms with van der Waals surface area (Å²) in [7, 11) is 0. The van der Waals surface area contributed by atoms with Crippen LogP contribution in [0.3, 0.4) is 0 Å². The highest BCUT2D eigenvalue weighted by molar-refractivity contribution is 7.08. The first kappa shape index (κ1) is 20.1. The molecule has 152 valence electrons. The number of Topliss-reactive ketones (excluding diaryl/α,β-unsaturated/α-hetero) is 1. The van der Waals surface area contributed by atoms with Crippen molar-refractivity contribution in [1.82, 2.24) is 4.90 Å². The zero-order valence-corrected chi connectivity index (χ0v) is 18.3. The molecule has 0 saturated carbocycles. The van der Waals surface area contributed by atoms with Crippen LogP contribution in [0.1, 0.15) is 79.3 Å². The Labute approximate surface area is 178 Å². The molecule has 3 nitrogen and oxygen atoms in total. The van der Waals surface area contributed by atoms with Crippen LogP contribution in [0, 0.1) is 0 Å². The van der Waals surface area contributed by atoms with Crippen LogP contribution in [0.15, 0.2) is 57.9 Å². The Morgan fingerprint density at radius 3 is 2.55 bits per heavy atom. The molecule has 29 heavy (non-hydrogen) atoms. The minimum atomic E-state index is -0.182. The fourth-order valence-corrected chi connectivity index (χ4v) is 5.10. The molecule has 0 amide bonds. The smallest absolute Gasteiger partial charge is 0.171 e. The molecule has 0 aliphatic carbocycles. The van der Waals surface area contributed by atoms with Crippen LogP contribution in [-0.2, 0) is 0 Å². The van der Waals surface area contributed by atoms with Crippen LogP contribution < -0.4 is 0 Å². The molecule has 1 saturated heterocycles. The number of hydrogen-bond donors (Lipinski definition) is 0. The van der Waals surface area contributed by atoms with Crippen molar-refractivity contribution >= 4 is 23.0 Å². The summed E-state index contributed by atoms with van der Waals surface area (Å²) >= 11 is 1.58. The molecule has 4 rings (SSSR count).